The Bertz CT molecular complexity index is 99.4. The molecule has 0 radical (unpaired) electrons. The van der Waals surface area contributed by atoms with Crippen LogP contribution in [0.5, 0.6) is 0 Å². The fourth-order valence-corrected chi connectivity index (χ4v) is 0.615. The minimum atomic E-state index is 0. The van der Waals surface area contributed by atoms with Crippen LogP contribution < -0.4 is 0 Å². The molecule has 1 atom stereocenters. The molecule has 0 bridgehead atoms. The van der Waals surface area contributed by atoms with Gasteiger partial charge in [0, 0.05) is 20.0 Å². The van der Waals surface area contributed by atoms with E-state index in [1.54, 1.807) is 19.0 Å². The van der Waals surface area contributed by atoms with E-state index in [-0.39, 0.29) is 19.3 Å². The maximum absolute atomic E-state index is 11.0. The minimum Gasteiger partial charge on any atom is -0.349 e. The molecule has 0 heterocycles. The van der Waals surface area contributed by atoms with Crippen molar-refractivity contribution >= 4 is 5.91 Å². The van der Waals surface area contributed by atoms with E-state index in [0.29, 0.717) is 0 Å². The molecule has 0 rings (SSSR count). The van der Waals surface area contributed by atoms with Gasteiger partial charge >= 0.3 is 0 Å². The van der Waals surface area contributed by atoms with Crippen molar-refractivity contribution in [2.75, 3.05) is 14.1 Å². The summed E-state index contributed by atoms with van der Waals surface area (Å²) in [4.78, 5) is 12.6. The highest BCUT2D eigenvalue weighted by Crippen LogP contribution is 2.02. The van der Waals surface area contributed by atoms with Crippen LogP contribution >= 0.6 is 0 Å². The van der Waals surface area contributed by atoms with E-state index in [0.717, 1.165) is 6.42 Å². The van der Waals surface area contributed by atoms with Gasteiger partial charge in [-0.05, 0) is 6.42 Å². The van der Waals surface area contributed by atoms with Crippen LogP contribution in [0.2, 0.25) is 0 Å². The lowest BCUT2D eigenvalue weighted by atomic mass is 10.1. The highest BCUT2D eigenvalue weighted by atomic mass is 16.2. The molecule has 0 saturated carbocycles. The van der Waals surface area contributed by atoms with Crippen molar-refractivity contribution in [1.82, 2.24) is 4.90 Å². The van der Waals surface area contributed by atoms with Gasteiger partial charge in [0.1, 0.15) is 0 Å². The predicted molar refractivity (Wildman–Crippen MR) is 44.9 cm³/mol. The molecule has 0 aliphatic rings. The average Bonchev–Trinajstić information content (AvgIpc) is 1.84. The first-order chi connectivity index (χ1) is 4.09. The Morgan fingerprint density at radius 3 is 2.00 bits per heavy atom. The normalized spacial score (nSPS) is 11.6. The lowest BCUT2D eigenvalue weighted by molar-refractivity contribution is -0.132. The van der Waals surface area contributed by atoms with E-state index in [1.165, 1.54) is 0 Å². The maximum Gasteiger partial charge on any atom is 0.224 e. The monoisotopic (exact) mass is 145 g/mol. The summed E-state index contributed by atoms with van der Waals surface area (Å²) in [5.41, 5.74) is 0. The number of rotatable bonds is 2. The van der Waals surface area contributed by atoms with Gasteiger partial charge in [-0.15, -0.1) is 0 Å². The lowest BCUT2D eigenvalue weighted by Crippen LogP contribution is -2.27. The van der Waals surface area contributed by atoms with Crippen molar-refractivity contribution in [3.8, 4) is 0 Å². The zero-order chi connectivity index (χ0) is 7.44. The van der Waals surface area contributed by atoms with Crippen molar-refractivity contribution in [2.45, 2.75) is 27.7 Å². The Hall–Kier alpha value is -0.530. The first-order valence-corrected chi connectivity index (χ1v) is 3.30. The molecule has 1 unspecified atom stereocenters. The molecule has 0 fully saturated rings. The van der Waals surface area contributed by atoms with Gasteiger partial charge < -0.3 is 4.90 Å². The van der Waals surface area contributed by atoms with Crippen LogP contribution in [-0.4, -0.2) is 24.9 Å². The Kier molecular flexibility index (Phi) is 6.42. The summed E-state index contributed by atoms with van der Waals surface area (Å²) < 4.78 is 0. The van der Waals surface area contributed by atoms with Gasteiger partial charge in [0.25, 0.3) is 0 Å². The quantitative estimate of drug-likeness (QED) is 0.579. The third-order valence-electron chi connectivity index (χ3n) is 1.47. The zero-order valence-electron chi connectivity index (χ0n) is 6.64. The highest BCUT2D eigenvalue weighted by molar-refractivity contribution is 5.77. The van der Waals surface area contributed by atoms with Gasteiger partial charge in [0.2, 0.25) is 5.91 Å². The SMILES string of the molecule is C.CCC(C)C(=O)N(C)C. The van der Waals surface area contributed by atoms with Gasteiger partial charge in [-0.3, -0.25) is 4.79 Å². The Balaban J connectivity index is 0. The van der Waals surface area contributed by atoms with Gasteiger partial charge in [-0.1, -0.05) is 21.3 Å². The topological polar surface area (TPSA) is 20.3 Å². The Labute approximate surface area is 64.2 Å². The predicted octanol–water partition coefficient (Wildman–Crippen LogP) is 1.76. The Morgan fingerprint density at radius 2 is 1.90 bits per heavy atom. The zero-order valence-corrected chi connectivity index (χ0v) is 6.64. The lowest BCUT2D eigenvalue weighted by Gasteiger charge is -2.14. The molecule has 0 saturated heterocycles. The van der Waals surface area contributed by atoms with Crippen LogP contribution in [0.15, 0.2) is 0 Å². The third-order valence-corrected chi connectivity index (χ3v) is 1.47. The fraction of sp³-hybridized carbons (Fsp3) is 0.875. The summed E-state index contributed by atoms with van der Waals surface area (Å²) in [6.45, 7) is 3.97. The second-order valence-corrected chi connectivity index (χ2v) is 2.54. The molecule has 0 aliphatic carbocycles. The average molecular weight is 145 g/mol. The number of amides is 1. The molecule has 62 valence electrons. The first kappa shape index (κ1) is 12.2. The van der Waals surface area contributed by atoms with Crippen LogP contribution in [0.25, 0.3) is 0 Å². The summed E-state index contributed by atoms with van der Waals surface area (Å²) in [7, 11) is 3.57. The molecular formula is C8H19NO. The highest BCUT2D eigenvalue weighted by Gasteiger charge is 2.10. The molecule has 0 spiro atoms. The third kappa shape index (κ3) is 3.49. The van der Waals surface area contributed by atoms with Crippen molar-refractivity contribution < 1.29 is 4.79 Å². The number of hydrogen-bond acceptors (Lipinski definition) is 1. The molecule has 10 heavy (non-hydrogen) atoms. The maximum atomic E-state index is 11.0. The number of nitrogens with zero attached hydrogens (tertiary/aromatic N) is 1. The van der Waals surface area contributed by atoms with Crippen LogP contribution in [0.4, 0.5) is 0 Å². The van der Waals surface area contributed by atoms with Crippen molar-refractivity contribution in [3.05, 3.63) is 0 Å². The Morgan fingerprint density at radius 1 is 1.50 bits per heavy atom. The molecule has 0 aromatic carbocycles. The van der Waals surface area contributed by atoms with Crippen LogP contribution in [0.3, 0.4) is 0 Å². The smallest absolute Gasteiger partial charge is 0.224 e. The second-order valence-electron chi connectivity index (χ2n) is 2.54. The molecule has 0 aromatic heterocycles. The van der Waals surface area contributed by atoms with E-state index in [1.807, 2.05) is 13.8 Å². The standard InChI is InChI=1S/C7H15NO.CH4/c1-5-6(2)7(9)8(3)4;/h6H,5H2,1-4H3;1H4. The number of carbonyl (C=O) groups excluding carboxylic acids is 1. The van der Waals surface area contributed by atoms with Crippen LogP contribution in [0, 0.1) is 5.92 Å². The summed E-state index contributed by atoms with van der Waals surface area (Å²) in [6.07, 6.45) is 0.928. The first-order valence-electron chi connectivity index (χ1n) is 3.30. The van der Waals surface area contributed by atoms with E-state index >= 15 is 0 Å². The van der Waals surface area contributed by atoms with E-state index < -0.39 is 0 Å². The molecular weight excluding hydrogens is 126 g/mol. The number of hydrogen-bond donors (Lipinski definition) is 0. The molecule has 0 aromatic rings. The summed E-state index contributed by atoms with van der Waals surface area (Å²) >= 11 is 0. The van der Waals surface area contributed by atoms with E-state index in [2.05, 4.69) is 0 Å². The van der Waals surface area contributed by atoms with Crippen LogP contribution in [0.1, 0.15) is 27.7 Å². The van der Waals surface area contributed by atoms with Gasteiger partial charge in [0.15, 0.2) is 0 Å². The van der Waals surface area contributed by atoms with Gasteiger partial charge in [-0.2, -0.15) is 0 Å². The van der Waals surface area contributed by atoms with Crippen molar-refractivity contribution in [2.24, 2.45) is 5.92 Å². The fourth-order valence-electron chi connectivity index (χ4n) is 0.615. The largest absolute Gasteiger partial charge is 0.349 e. The van der Waals surface area contributed by atoms with E-state index in [4.69, 9.17) is 0 Å². The number of carbonyl (C=O) groups is 1. The second kappa shape index (κ2) is 5.27. The molecule has 2 heteroatoms. The molecule has 0 aliphatic heterocycles. The van der Waals surface area contributed by atoms with E-state index in [9.17, 15) is 4.79 Å². The molecule has 2 nitrogen and oxygen atoms in total. The summed E-state index contributed by atoms with van der Waals surface area (Å²) in [5.74, 6) is 0.400. The summed E-state index contributed by atoms with van der Waals surface area (Å²) in [5, 5.41) is 0. The molecule has 0 N–H and O–H groups in total. The molecule has 1 amide bonds. The summed E-state index contributed by atoms with van der Waals surface area (Å²) in [6, 6.07) is 0. The van der Waals surface area contributed by atoms with Crippen molar-refractivity contribution in [1.29, 1.82) is 0 Å². The van der Waals surface area contributed by atoms with Gasteiger partial charge in [-0.25, -0.2) is 0 Å². The van der Waals surface area contributed by atoms with Crippen LogP contribution in [-0.2, 0) is 4.79 Å². The van der Waals surface area contributed by atoms with Gasteiger partial charge in [0.05, 0.1) is 0 Å². The minimum absolute atomic E-state index is 0. The van der Waals surface area contributed by atoms with Crippen molar-refractivity contribution in [3.63, 3.8) is 0 Å².